The third-order valence-electron chi connectivity index (χ3n) is 3.02. The van der Waals surface area contributed by atoms with E-state index in [2.05, 4.69) is 15.2 Å². The molecule has 0 radical (unpaired) electrons. The van der Waals surface area contributed by atoms with Crippen LogP contribution in [0.2, 0.25) is 5.02 Å². The Morgan fingerprint density at radius 2 is 1.95 bits per heavy atom. The molecule has 100 valence electrons. The summed E-state index contributed by atoms with van der Waals surface area (Å²) >= 11 is 11.5. The van der Waals surface area contributed by atoms with Crippen LogP contribution in [0.5, 0.6) is 0 Å². The quantitative estimate of drug-likeness (QED) is 0.729. The van der Waals surface area contributed by atoms with Crippen molar-refractivity contribution in [3.8, 4) is 17.1 Å². The molecular weight excluding hydrogens is 292 g/mol. The standard InChI is InChI=1S/C14H11ClN4S/c1-9-2-3-11(8-12(9)15)19-13(17-18-14(19)20)10-4-6-16-7-5-10/h2-8H,1H3,(H,18,20). The predicted molar refractivity (Wildman–Crippen MR) is 81.7 cm³/mol. The van der Waals surface area contributed by atoms with Gasteiger partial charge in [-0.05, 0) is 49.0 Å². The maximum absolute atomic E-state index is 6.19. The number of nitrogens with one attached hydrogen (secondary N) is 1. The van der Waals surface area contributed by atoms with Crippen LogP contribution in [0.25, 0.3) is 17.1 Å². The van der Waals surface area contributed by atoms with Crippen LogP contribution in [-0.4, -0.2) is 19.7 Å². The van der Waals surface area contributed by atoms with E-state index in [-0.39, 0.29) is 0 Å². The number of hydrogen-bond acceptors (Lipinski definition) is 3. The van der Waals surface area contributed by atoms with E-state index in [4.69, 9.17) is 23.8 Å². The van der Waals surface area contributed by atoms with Crippen LogP contribution in [0.4, 0.5) is 0 Å². The molecule has 20 heavy (non-hydrogen) atoms. The zero-order chi connectivity index (χ0) is 14.1. The second kappa shape index (κ2) is 5.19. The highest BCUT2D eigenvalue weighted by Gasteiger charge is 2.11. The van der Waals surface area contributed by atoms with E-state index in [0.29, 0.717) is 9.79 Å². The second-order valence-corrected chi connectivity index (χ2v) is 5.15. The smallest absolute Gasteiger partial charge is 0.200 e. The summed E-state index contributed by atoms with van der Waals surface area (Å²) in [5, 5.41) is 7.81. The average molecular weight is 303 g/mol. The molecule has 2 heterocycles. The fourth-order valence-corrected chi connectivity index (χ4v) is 2.36. The number of aromatic nitrogens is 4. The average Bonchev–Trinajstić information content (AvgIpc) is 2.85. The van der Waals surface area contributed by atoms with Crippen molar-refractivity contribution < 1.29 is 0 Å². The molecule has 1 aromatic carbocycles. The molecule has 0 aliphatic carbocycles. The number of aromatic amines is 1. The first kappa shape index (κ1) is 13.0. The molecule has 0 saturated carbocycles. The molecule has 0 bridgehead atoms. The SMILES string of the molecule is Cc1ccc(-n2c(-c3ccncc3)n[nH]c2=S)cc1Cl. The van der Waals surface area contributed by atoms with Crippen molar-refractivity contribution in [2.75, 3.05) is 0 Å². The number of nitrogens with zero attached hydrogens (tertiary/aromatic N) is 3. The fraction of sp³-hybridized carbons (Fsp3) is 0.0714. The zero-order valence-electron chi connectivity index (χ0n) is 10.7. The van der Waals surface area contributed by atoms with Gasteiger partial charge in [-0.25, -0.2) is 0 Å². The van der Waals surface area contributed by atoms with Gasteiger partial charge in [0.25, 0.3) is 0 Å². The van der Waals surface area contributed by atoms with Crippen LogP contribution in [-0.2, 0) is 0 Å². The van der Waals surface area contributed by atoms with Gasteiger partial charge in [0.1, 0.15) is 0 Å². The van der Waals surface area contributed by atoms with Crippen molar-refractivity contribution in [3.05, 3.63) is 58.1 Å². The summed E-state index contributed by atoms with van der Waals surface area (Å²) in [5.74, 6) is 0.734. The molecule has 1 N–H and O–H groups in total. The van der Waals surface area contributed by atoms with Gasteiger partial charge in [-0.2, -0.15) is 5.10 Å². The summed E-state index contributed by atoms with van der Waals surface area (Å²) < 4.78 is 2.38. The number of H-pyrrole nitrogens is 1. The maximum atomic E-state index is 6.19. The summed E-state index contributed by atoms with van der Waals surface area (Å²) in [5.41, 5.74) is 2.84. The van der Waals surface area contributed by atoms with Crippen molar-refractivity contribution in [2.45, 2.75) is 6.92 Å². The molecule has 0 aliphatic heterocycles. The Balaban J connectivity index is 2.22. The lowest BCUT2D eigenvalue weighted by Crippen LogP contribution is -1.98. The van der Waals surface area contributed by atoms with Gasteiger partial charge >= 0.3 is 0 Å². The first-order valence-electron chi connectivity index (χ1n) is 6.01. The molecule has 0 atom stereocenters. The molecule has 0 unspecified atom stereocenters. The van der Waals surface area contributed by atoms with E-state index < -0.39 is 0 Å². The number of hydrogen-bond donors (Lipinski definition) is 1. The van der Waals surface area contributed by atoms with E-state index >= 15 is 0 Å². The summed E-state index contributed by atoms with van der Waals surface area (Å²) in [6.45, 7) is 1.96. The minimum absolute atomic E-state index is 0.525. The Morgan fingerprint density at radius 1 is 1.20 bits per heavy atom. The van der Waals surface area contributed by atoms with Gasteiger partial charge in [-0.3, -0.25) is 14.6 Å². The first-order valence-corrected chi connectivity index (χ1v) is 6.80. The van der Waals surface area contributed by atoms with Gasteiger partial charge in [0.2, 0.25) is 0 Å². The molecule has 2 aromatic heterocycles. The highest BCUT2D eigenvalue weighted by Crippen LogP contribution is 2.24. The van der Waals surface area contributed by atoms with E-state index in [0.717, 1.165) is 22.6 Å². The van der Waals surface area contributed by atoms with Gasteiger partial charge in [0.05, 0.1) is 5.69 Å². The zero-order valence-corrected chi connectivity index (χ0v) is 12.2. The number of rotatable bonds is 2. The number of aryl methyl sites for hydroxylation is 1. The van der Waals surface area contributed by atoms with Crippen molar-refractivity contribution in [1.29, 1.82) is 0 Å². The summed E-state index contributed by atoms with van der Waals surface area (Å²) in [4.78, 5) is 4.01. The second-order valence-electron chi connectivity index (χ2n) is 4.36. The van der Waals surface area contributed by atoms with E-state index in [1.165, 1.54) is 0 Å². The molecule has 0 saturated heterocycles. The number of halogens is 1. The lowest BCUT2D eigenvalue weighted by atomic mass is 10.2. The van der Waals surface area contributed by atoms with Gasteiger partial charge in [-0.15, -0.1) is 0 Å². The van der Waals surface area contributed by atoms with Crippen molar-refractivity contribution in [1.82, 2.24) is 19.7 Å². The van der Waals surface area contributed by atoms with E-state index in [9.17, 15) is 0 Å². The summed E-state index contributed by atoms with van der Waals surface area (Å²) in [6.07, 6.45) is 3.44. The van der Waals surface area contributed by atoms with Crippen LogP contribution in [0.1, 0.15) is 5.56 Å². The van der Waals surface area contributed by atoms with Crippen LogP contribution < -0.4 is 0 Å². The first-order chi connectivity index (χ1) is 9.66. The Morgan fingerprint density at radius 3 is 2.65 bits per heavy atom. The molecule has 0 fully saturated rings. The van der Waals surface area contributed by atoms with Gasteiger partial charge in [0.15, 0.2) is 10.6 Å². The maximum Gasteiger partial charge on any atom is 0.200 e. The van der Waals surface area contributed by atoms with Crippen molar-refractivity contribution in [2.24, 2.45) is 0 Å². The van der Waals surface area contributed by atoms with E-state index in [1.54, 1.807) is 12.4 Å². The molecule has 0 spiro atoms. The summed E-state index contributed by atoms with van der Waals surface area (Å²) in [7, 11) is 0. The number of pyridine rings is 1. The van der Waals surface area contributed by atoms with Crippen LogP contribution in [0.3, 0.4) is 0 Å². The number of benzene rings is 1. The molecule has 4 nitrogen and oxygen atoms in total. The van der Waals surface area contributed by atoms with Crippen molar-refractivity contribution >= 4 is 23.8 Å². The lowest BCUT2D eigenvalue weighted by molar-refractivity contribution is 1.03. The highest BCUT2D eigenvalue weighted by molar-refractivity contribution is 7.71. The van der Waals surface area contributed by atoms with Crippen LogP contribution in [0, 0.1) is 11.7 Å². The van der Waals surface area contributed by atoms with Crippen molar-refractivity contribution in [3.63, 3.8) is 0 Å². The van der Waals surface area contributed by atoms with Gasteiger partial charge < -0.3 is 0 Å². The largest absolute Gasteiger partial charge is 0.268 e. The third-order valence-corrected chi connectivity index (χ3v) is 3.71. The molecule has 3 aromatic rings. The Bertz CT molecular complexity index is 808. The molecule has 0 amide bonds. The Labute approximate surface area is 126 Å². The van der Waals surface area contributed by atoms with Gasteiger partial charge in [-0.1, -0.05) is 17.7 Å². The third kappa shape index (κ3) is 2.26. The monoisotopic (exact) mass is 302 g/mol. The predicted octanol–water partition coefficient (Wildman–Crippen LogP) is 3.95. The fourth-order valence-electron chi connectivity index (χ4n) is 1.95. The Kier molecular flexibility index (Phi) is 3.38. The lowest BCUT2D eigenvalue weighted by Gasteiger charge is -2.08. The topological polar surface area (TPSA) is 46.5 Å². The Hall–Kier alpha value is -1.98. The van der Waals surface area contributed by atoms with Gasteiger partial charge in [0, 0.05) is 23.0 Å². The molecular formula is C14H11ClN4S. The summed E-state index contributed by atoms with van der Waals surface area (Å²) in [6, 6.07) is 9.58. The van der Waals surface area contributed by atoms with Crippen LogP contribution in [0.15, 0.2) is 42.7 Å². The normalized spacial score (nSPS) is 10.7. The molecule has 3 rings (SSSR count). The highest BCUT2D eigenvalue weighted by atomic mass is 35.5. The minimum atomic E-state index is 0.525. The minimum Gasteiger partial charge on any atom is -0.268 e. The molecule has 6 heteroatoms. The van der Waals surface area contributed by atoms with Crippen LogP contribution >= 0.6 is 23.8 Å². The molecule has 0 aliphatic rings. The van der Waals surface area contributed by atoms with E-state index in [1.807, 2.05) is 41.8 Å².